The molecule has 0 bridgehead atoms. The average Bonchev–Trinajstić information content (AvgIpc) is 2.77. The van der Waals surface area contributed by atoms with Gasteiger partial charge in [-0.1, -0.05) is 6.07 Å². The van der Waals surface area contributed by atoms with E-state index in [1.165, 1.54) is 13.2 Å². The smallest absolute Gasteiger partial charge is 0.185 e. The van der Waals surface area contributed by atoms with E-state index < -0.39 is 5.82 Å². The lowest BCUT2D eigenvalue weighted by atomic mass is 10.1. The Bertz CT molecular complexity index is 531. The molecule has 0 N–H and O–H groups in total. The molecule has 2 rings (SSSR count). The van der Waals surface area contributed by atoms with Gasteiger partial charge in [0.1, 0.15) is 5.76 Å². The summed E-state index contributed by atoms with van der Waals surface area (Å²) >= 11 is 0. The Morgan fingerprint density at radius 3 is 2.76 bits per heavy atom. The van der Waals surface area contributed by atoms with E-state index in [-0.39, 0.29) is 11.5 Å². The number of rotatable bonds is 4. The van der Waals surface area contributed by atoms with Crippen LogP contribution in [-0.4, -0.2) is 13.4 Å². The van der Waals surface area contributed by atoms with Crippen LogP contribution in [0.5, 0.6) is 5.75 Å². The van der Waals surface area contributed by atoms with E-state index in [0.29, 0.717) is 18.5 Å². The van der Waals surface area contributed by atoms with Gasteiger partial charge in [0.2, 0.25) is 0 Å². The predicted molar refractivity (Wildman–Crippen MR) is 59.9 cm³/mol. The molecular weight excluding hydrogens is 223 g/mol. The van der Waals surface area contributed by atoms with Crippen molar-refractivity contribution in [1.29, 1.82) is 0 Å². The van der Waals surface area contributed by atoms with E-state index in [2.05, 4.69) is 0 Å². The van der Waals surface area contributed by atoms with Crippen LogP contribution < -0.4 is 4.74 Å². The highest BCUT2D eigenvalue weighted by Gasteiger charge is 2.06. The summed E-state index contributed by atoms with van der Waals surface area (Å²) in [6.45, 7) is 0. The Morgan fingerprint density at radius 2 is 2.18 bits per heavy atom. The zero-order chi connectivity index (χ0) is 12.3. The molecule has 4 heteroatoms. The summed E-state index contributed by atoms with van der Waals surface area (Å²) in [7, 11) is 1.42. The van der Waals surface area contributed by atoms with Crippen LogP contribution in [0.15, 0.2) is 34.7 Å². The molecule has 0 aliphatic rings. The second kappa shape index (κ2) is 4.82. The molecule has 0 saturated carbocycles. The van der Waals surface area contributed by atoms with Crippen LogP contribution in [0.1, 0.15) is 21.9 Å². The maximum atomic E-state index is 13.4. The van der Waals surface area contributed by atoms with Gasteiger partial charge in [-0.05, 0) is 29.8 Å². The van der Waals surface area contributed by atoms with Crippen LogP contribution >= 0.6 is 0 Å². The van der Waals surface area contributed by atoms with Gasteiger partial charge in [0.05, 0.1) is 7.11 Å². The topological polar surface area (TPSA) is 39.4 Å². The summed E-state index contributed by atoms with van der Waals surface area (Å²) in [5, 5.41) is 0. The summed E-state index contributed by atoms with van der Waals surface area (Å²) in [5.41, 5.74) is 0.759. The van der Waals surface area contributed by atoms with Crippen molar-refractivity contribution in [3.05, 3.63) is 53.2 Å². The first-order chi connectivity index (χ1) is 8.22. The largest absolute Gasteiger partial charge is 0.494 e. The number of furan rings is 1. The summed E-state index contributed by atoms with van der Waals surface area (Å²) in [4.78, 5) is 10.4. The minimum atomic E-state index is -0.410. The minimum Gasteiger partial charge on any atom is -0.494 e. The number of ether oxygens (including phenoxy) is 1. The number of hydrogen-bond donors (Lipinski definition) is 0. The Morgan fingerprint density at radius 1 is 1.35 bits per heavy atom. The fourth-order valence-corrected chi connectivity index (χ4v) is 1.57. The third-order valence-electron chi connectivity index (χ3n) is 2.39. The predicted octanol–water partition coefficient (Wildman–Crippen LogP) is 2.83. The number of hydrogen-bond acceptors (Lipinski definition) is 3. The molecule has 88 valence electrons. The van der Waals surface area contributed by atoms with Gasteiger partial charge in [-0.25, -0.2) is 4.39 Å². The number of benzene rings is 1. The highest BCUT2D eigenvalue weighted by atomic mass is 19.1. The standard InChI is InChI=1S/C13H11FO3/c1-16-13-5-2-9(7-12(13)14)6-10-3-4-11(8-15)17-10/h2-5,7-8H,6H2,1H3. The molecule has 1 aromatic carbocycles. The summed E-state index contributed by atoms with van der Waals surface area (Å²) in [5.74, 6) is 0.694. The highest BCUT2D eigenvalue weighted by Crippen LogP contribution is 2.20. The number of methoxy groups -OCH3 is 1. The van der Waals surface area contributed by atoms with Crippen LogP contribution in [-0.2, 0) is 6.42 Å². The minimum absolute atomic E-state index is 0.210. The van der Waals surface area contributed by atoms with Gasteiger partial charge in [-0.15, -0.1) is 0 Å². The number of aldehydes is 1. The number of carbonyl (C=O) groups excluding carboxylic acids is 1. The van der Waals surface area contributed by atoms with Crippen molar-refractivity contribution in [1.82, 2.24) is 0 Å². The maximum Gasteiger partial charge on any atom is 0.185 e. The van der Waals surface area contributed by atoms with Crippen LogP contribution in [0.3, 0.4) is 0 Å². The molecule has 0 aliphatic heterocycles. The van der Waals surface area contributed by atoms with E-state index >= 15 is 0 Å². The van der Waals surface area contributed by atoms with E-state index in [1.54, 1.807) is 24.3 Å². The zero-order valence-electron chi connectivity index (χ0n) is 9.27. The van der Waals surface area contributed by atoms with Crippen molar-refractivity contribution in [3.63, 3.8) is 0 Å². The summed E-state index contributed by atoms with van der Waals surface area (Å²) in [6, 6.07) is 8.00. The molecule has 2 aromatic rings. The monoisotopic (exact) mass is 234 g/mol. The Kier molecular flexibility index (Phi) is 3.23. The van der Waals surface area contributed by atoms with Gasteiger partial charge in [-0.3, -0.25) is 4.79 Å². The molecule has 0 aliphatic carbocycles. The second-order valence-corrected chi connectivity index (χ2v) is 3.57. The van der Waals surface area contributed by atoms with Crippen LogP contribution in [0.4, 0.5) is 4.39 Å². The van der Waals surface area contributed by atoms with Crippen molar-refractivity contribution in [3.8, 4) is 5.75 Å². The van der Waals surface area contributed by atoms with Crippen molar-refractivity contribution in [2.75, 3.05) is 7.11 Å². The molecule has 0 amide bonds. The fourth-order valence-electron chi connectivity index (χ4n) is 1.57. The van der Waals surface area contributed by atoms with Crippen molar-refractivity contribution >= 4 is 6.29 Å². The molecule has 0 spiro atoms. The number of halogens is 1. The highest BCUT2D eigenvalue weighted by molar-refractivity contribution is 5.70. The third-order valence-corrected chi connectivity index (χ3v) is 2.39. The van der Waals surface area contributed by atoms with Gasteiger partial charge in [0, 0.05) is 6.42 Å². The van der Waals surface area contributed by atoms with Crippen LogP contribution in [0.25, 0.3) is 0 Å². The molecule has 0 fully saturated rings. The molecule has 17 heavy (non-hydrogen) atoms. The molecule has 0 atom stereocenters. The third kappa shape index (κ3) is 2.53. The lowest BCUT2D eigenvalue weighted by Crippen LogP contribution is -1.91. The lowest BCUT2D eigenvalue weighted by Gasteiger charge is -2.03. The van der Waals surface area contributed by atoms with E-state index in [0.717, 1.165) is 5.56 Å². The maximum absolute atomic E-state index is 13.4. The molecule has 3 nitrogen and oxygen atoms in total. The zero-order valence-corrected chi connectivity index (χ0v) is 9.27. The molecule has 0 unspecified atom stereocenters. The lowest BCUT2D eigenvalue weighted by molar-refractivity contribution is 0.109. The van der Waals surface area contributed by atoms with E-state index in [4.69, 9.17) is 9.15 Å². The Balaban J connectivity index is 2.18. The van der Waals surface area contributed by atoms with Gasteiger partial charge >= 0.3 is 0 Å². The quantitative estimate of drug-likeness (QED) is 0.763. The van der Waals surface area contributed by atoms with Crippen molar-refractivity contribution in [2.45, 2.75) is 6.42 Å². The molecule has 1 heterocycles. The van der Waals surface area contributed by atoms with E-state index in [9.17, 15) is 9.18 Å². The first-order valence-electron chi connectivity index (χ1n) is 5.09. The van der Waals surface area contributed by atoms with Gasteiger partial charge in [0.15, 0.2) is 23.6 Å². The first-order valence-corrected chi connectivity index (χ1v) is 5.09. The average molecular weight is 234 g/mol. The second-order valence-electron chi connectivity index (χ2n) is 3.57. The van der Waals surface area contributed by atoms with E-state index in [1.807, 2.05) is 0 Å². The van der Waals surface area contributed by atoms with Crippen molar-refractivity contribution in [2.24, 2.45) is 0 Å². The Labute approximate surface area is 97.8 Å². The van der Waals surface area contributed by atoms with Crippen molar-refractivity contribution < 1.29 is 18.3 Å². The fraction of sp³-hybridized carbons (Fsp3) is 0.154. The van der Waals surface area contributed by atoms with Gasteiger partial charge in [0.25, 0.3) is 0 Å². The van der Waals surface area contributed by atoms with Crippen LogP contribution in [0, 0.1) is 5.82 Å². The molecular formula is C13H11FO3. The van der Waals surface area contributed by atoms with Crippen LogP contribution in [0.2, 0.25) is 0 Å². The summed E-state index contributed by atoms with van der Waals surface area (Å²) < 4.78 is 23.5. The van der Waals surface area contributed by atoms with Gasteiger partial charge in [-0.2, -0.15) is 0 Å². The molecule has 0 radical (unpaired) electrons. The normalized spacial score (nSPS) is 10.2. The van der Waals surface area contributed by atoms with Gasteiger partial charge < -0.3 is 9.15 Å². The summed E-state index contributed by atoms with van der Waals surface area (Å²) in [6.07, 6.45) is 1.08. The first kappa shape index (κ1) is 11.4. The SMILES string of the molecule is COc1ccc(Cc2ccc(C=O)o2)cc1F. The molecule has 1 aromatic heterocycles. The molecule has 0 saturated heterocycles. The Hall–Kier alpha value is -2.10. The number of carbonyl (C=O) groups is 1.